The zero-order valence-corrected chi connectivity index (χ0v) is 9.79. The Bertz CT molecular complexity index is 233. The van der Waals surface area contributed by atoms with Crippen molar-refractivity contribution < 1.29 is 14.3 Å². The van der Waals surface area contributed by atoms with Crippen molar-refractivity contribution in [3.63, 3.8) is 0 Å². The summed E-state index contributed by atoms with van der Waals surface area (Å²) in [5.41, 5.74) is 4.55. The third kappa shape index (κ3) is 6.76. The first-order chi connectivity index (χ1) is 6.76. The molecule has 5 heteroatoms. The maximum absolute atomic E-state index is 11.3. The molecule has 0 aliphatic heterocycles. The summed E-state index contributed by atoms with van der Waals surface area (Å²) in [5.74, 6) is -0.539. The second kappa shape index (κ2) is 5.58. The summed E-state index contributed by atoms with van der Waals surface area (Å²) in [5, 5.41) is 2.44. The average molecular weight is 216 g/mol. The second-order valence-corrected chi connectivity index (χ2v) is 4.39. The van der Waals surface area contributed by atoms with Crippen molar-refractivity contribution in [1.82, 2.24) is 5.32 Å². The summed E-state index contributed by atoms with van der Waals surface area (Å²) in [6.07, 6.45) is 0.678. The third-order valence-electron chi connectivity index (χ3n) is 1.61. The number of amides is 2. The van der Waals surface area contributed by atoms with E-state index in [1.807, 2.05) is 6.92 Å². The Hall–Kier alpha value is -1.26. The number of primary amides is 1. The summed E-state index contributed by atoms with van der Waals surface area (Å²) in [6, 6.07) is -0.648. The molecule has 0 heterocycles. The lowest BCUT2D eigenvalue weighted by Crippen LogP contribution is -2.46. The molecule has 0 spiro atoms. The third-order valence-corrected chi connectivity index (χ3v) is 1.61. The zero-order valence-electron chi connectivity index (χ0n) is 9.79. The molecule has 0 unspecified atom stereocenters. The van der Waals surface area contributed by atoms with E-state index >= 15 is 0 Å². The van der Waals surface area contributed by atoms with Crippen LogP contribution in [0.15, 0.2) is 0 Å². The van der Waals surface area contributed by atoms with Crippen LogP contribution in [0.3, 0.4) is 0 Å². The van der Waals surface area contributed by atoms with E-state index in [1.165, 1.54) is 0 Å². The fourth-order valence-corrected chi connectivity index (χ4v) is 1.02. The average Bonchev–Trinajstić information content (AvgIpc) is 1.99. The molecule has 5 nitrogen and oxygen atoms in total. The van der Waals surface area contributed by atoms with E-state index < -0.39 is 23.6 Å². The van der Waals surface area contributed by atoms with Crippen LogP contribution in [0.1, 0.15) is 40.5 Å². The Morgan fingerprint density at radius 1 is 1.40 bits per heavy atom. The fraction of sp³-hybridized carbons (Fsp3) is 0.800. The Kier molecular flexibility index (Phi) is 5.11. The Balaban J connectivity index is 4.18. The van der Waals surface area contributed by atoms with E-state index in [-0.39, 0.29) is 0 Å². The van der Waals surface area contributed by atoms with Crippen LogP contribution in [0, 0.1) is 0 Å². The lowest BCUT2D eigenvalue weighted by molar-refractivity contribution is -0.120. The SMILES string of the molecule is CCC[C@@H](NC(=O)OC(C)(C)C)C(N)=O. The highest BCUT2D eigenvalue weighted by Gasteiger charge is 2.21. The topological polar surface area (TPSA) is 81.4 Å². The molecule has 0 aliphatic carbocycles. The minimum Gasteiger partial charge on any atom is -0.444 e. The molecule has 0 rings (SSSR count). The van der Waals surface area contributed by atoms with Gasteiger partial charge in [-0.05, 0) is 27.2 Å². The molecule has 0 aromatic carbocycles. The Morgan fingerprint density at radius 2 is 1.93 bits per heavy atom. The highest BCUT2D eigenvalue weighted by Crippen LogP contribution is 2.07. The van der Waals surface area contributed by atoms with Gasteiger partial charge in [0.25, 0.3) is 0 Å². The first-order valence-corrected chi connectivity index (χ1v) is 5.05. The predicted molar refractivity (Wildman–Crippen MR) is 57.3 cm³/mol. The number of carbonyl (C=O) groups excluding carboxylic acids is 2. The van der Waals surface area contributed by atoms with Gasteiger partial charge in [0.05, 0.1) is 0 Å². The monoisotopic (exact) mass is 216 g/mol. The molecule has 3 N–H and O–H groups in total. The molecule has 0 fully saturated rings. The van der Waals surface area contributed by atoms with Crippen LogP contribution in [-0.4, -0.2) is 23.6 Å². The van der Waals surface area contributed by atoms with Crippen LogP contribution in [0.5, 0.6) is 0 Å². The number of nitrogens with two attached hydrogens (primary N) is 1. The van der Waals surface area contributed by atoms with Crippen molar-refractivity contribution in [2.45, 2.75) is 52.2 Å². The number of nitrogens with one attached hydrogen (secondary N) is 1. The van der Waals surface area contributed by atoms with E-state index in [0.29, 0.717) is 6.42 Å². The molecule has 0 radical (unpaired) electrons. The van der Waals surface area contributed by atoms with Gasteiger partial charge in [-0.3, -0.25) is 4.79 Å². The quantitative estimate of drug-likeness (QED) is 0.740. The number of carbonyl (C=O) groups is 2. The van der Waals surface area contributed by atoms with Gasteiger partial charge in [0, 0.05) is 0 Å². The van der Waals surface area contributed by atoms with E-state index in [0.717, 1.165) is 6.42 Å². The van der Waals surface area contributed by atoms with Gasteiger partial charge in [-0.2, -0.15) is 0 Å². The summed E-state index contributed by atoms with van der Waals surface area (Å²) in [7, 11) is 0. The number of ether oxygens (including phenoxy) is 1. The summed E-state index contributed by atoms with van der Waals surface area (Å²) >= 11 is 0. The molecule has 0 aromatic heterocycles. The van der Waals surface area contributed by atoms with Crippen LogP contribution < -0.4 is 11.1 Å². The number of hydrogen-bond acceptors (Lipinski definition) is 3. The van der Waals surface area contributed by atoms with E-state index in [9.17, 15) is 9.59 Å². The maximum Gasteiger partial charge on any atom is 0.408 e. The molecule has 0 saturated carbocycles. The zero-order chi connectivity index (χ0) is 12.1. The summed E-state index contributed by atoms with van der Waals surface area (Å²) in [4.78, 5) is 22.2. The van der Waals surface area contributed by atoms with Crippen LogP contribution in [0.25, 0.3) is 0 Å². The van der Waals surface area contributed by atoms with Gasteiger partial charge in [0.2, 0.25) is 5.91 Å². The van der Waals surface area contributed by atoms with Gasteiger partial charge in [0.1, 0.15) is 11.6 Å². The van der Waals surface area contributed by atoms with Crippen LogP contribution in [0.2, 0.25) is 0 Å². The van der Waals surface area contributed by atoms with Gasteiger partial charge in [-0.25, -0.2) is 4.79 Å². The molecular formula is C10H20N2O3. The molecule has 88 valence electrons. The van der Waals surface area contributed by atoms with Gasteiger partial charge in [-0.1, -0.05) is 13.3 Å². The largest absolute Gasteiger partial charge is 0.444 e. The van der Waals surface area contributed by atoms with Crippen LogP contribution in [-0.2, 0) is 9.53 Å². The van der Waals surface area contributed by atoms with Gasteiger partial charge in [-0.15, -0.1) is 0 Å². The first-order valence-electron chi connectivity index (χ1n) is 5.05. The minimum absolute atomic E-state index is 0.522. The van der Waals surface area contributed by atoms with Gasteiger partial charge >= 0.3 is 6.09 Å². The Morgan fingerprint density at radius 3 is 2.27 bits per heavy atom. The standard InChI is InChI=1S/C10H20N2O3/c1-5-6-7(8(11)13)12-9(14)15-10(2,3)4/h7H,5-6H2,1-4H3,(H2,11,13)(H,12,14)/t7-/m1/s1. The number of hydrogen-bond donors (Lipinski definition) is 2. The smallest absolute Gasteiger partial charge is 0.408 e. The van der Waals surface area contributed by atoms with E-state index in [4.69, 9.17) is 10.5 Å². The van der Waals surface area contributed by atoms with Crippen LogP contribution >= 0.6 is 0 Å². The molecule has 1 atom stereocenters. The molecule has 0 saturated heterocycles. The van der Waals surface area contributed by atoms with E-state index in [1.54, 1.807) is 20.8 Å². The van der Waals surface area contributed by atoms with Gasteiger partial charge < -0.3 is 15.8 Å². The minimum atomic E-state index is -0.648. The maximum atomic E-state index is 11.3. The number of alkyl carbamates (subject to hydrolysis) is 1. The highest BCUT2D eigenvalue weighted by atomic mass is 16.6. The summed E-state index contributed by atoms with van der Waals surface area (Å²) < 4.78 is 5.01. The number of rotatable bonds is 4. The van der Waals surface area contributed by atoms with Crippen molar-refractivity contribution >= 4 is 12.0 Å². The lowest BCUT2D eigenvalue weighted by Gasteiger charge is -2.22. The van der Waals surface area contributed by atoms with Crippen molar-refractivity contribution in [1.29, 1.82) is 0 Å². The normalized spacial score (nSPS) is 13.1. The Labute approximate surface area is 90.4 Å². The molecular weight excluding hydrogens is 196 g/mol. The van der Waals surface area contributed by atoms with Gasteiger partial charge in [0.15, 0.2) is 0 Å². The van der Waals surface area contributed by atoms with Crippen molar-refractivity contribution in [2.75, 3.05) is 0 Å². The molecule has 0 bridgehead atoms. The summed E-state index contributed by atoms with van der Waals surface area (Å²) in [6.45, 7) is 7.18. The molecule has 15 heavy (non-hydrogen) atoms. The van der Waals surface area contributed by atoms with Crippen molar-refractivity contribution in [3.05, 3.63) is 0 Å². The fourth-order valence-electron chi connectivity index (χ4n) is 1.02. The van der Waals surface area contributed by atoms with Crippen LogP contribution in [0.4, 0.5) is 4.79 Å². The highest BCUT2D eigenvalue weighted by molar-refractivity contribution is 5.84. The van der Waals surface area contributed by atoms with Crippen molar-refractivity contribution in [3.8, 4) is 0 Å². The lowest BCUT2D eigenvalue weighted by atomic mass is 10.1. The molecule has 2 amide bonds. The van der Waals surface area contributed by atoms with Crippen molar-refractivity contribution in [2.24, 2.45) is 5.73 Å². The van der Waals surface area contributed by atoms with E-state index in [2.05, 4.69) is 5.32 Å². The second-order valence-electron chi connectivity index (χ2n) is 4.39. The predicted octanol–water partition coefficient (Wildman–Crippen LogP) is 1.17. The molecule has 0 aromatic rings. The molecule has 0 aliphatic rings. The first kappa shape index (κ1) is 13.7.